The zero-order valence-electron chi connectivity index (χ0n) is 15.0. The van der Waals surface area contributed by atoms with Crippen LogP contribution < -0.4 is 5.32 Å². The number of hydrogen-bond acceptors (Lipinski definition) is 4. The van der Waals surface area contributed by atoms with Crippen molar-refractivity contribution in [1.29, 1.82) is 0 Å². The predicted molar refractivity (Wildman–Crippen MR) is 103 cm³/mol. The lowest BCUT2D eigenvalue weighted by Crippen LogP contribution is -2.26. The Balaban J connectivity index is 1.53. The minimum Gasteiger partial charge on any atom is -0.350 e. The number of hydrogen-bond donors (Lipinski definition) is 1. The first kappa shape index (κ1) is 16.9. The number of aryl methyl sites for hydroxylation is 1. The van der Waals surface area contributed by atoms with Gasteiger partial charge in [0.15, 0.2) is 5.65 Å². The van der Waals surface area contributed by atoms with Crippen molar-refractivity contribution in [3.63, 3.8) is 0 Å². The van der Waals surface area contributed by atoms with E-state index in [0.717, 1.165) is 17.0 Å². The van der Waals surface area contributed by atoms with Crippen molar-refractivity contribution in [2.75, 3.05) is 6.54 Å². The molecule has 1 N–H and O–H groups in total. The maximum Gasteiger partial charge on any atom is 0.271 e. The summed E-state index contributed by atoms with van der Waals surface area (Å²) >= 11 is 0. The van der Waals surface area contributed by atoms with E-state index < -0.39 is 0 Å². The van der Waals surface area contributed by atoms with Gasteiger partial charge in [-0.3, -0.25) is 14.8 Å². The van der Waals surface area contributed by atoms with Gasteiger partial charge in [-0.15, -0.1) is 0 Å². The van der Waals surface area contributed by atoms with Crippen LogP contribution in [0, 0.1) is 6.92 Å². The van der Waals surface area contributed by atoms with Crippen LogP contribution in [0.15, 0.2) is 67.3 Å². The molecule has 0 spiro atoms. The van der Waals surface area contributed by atoms with Crippen LogP contribution in [0.4, 0.5) is 0 Å². The number of fused-ring (bicyclic) bond motifs is 1. The molecule has 0 atom stereocenters. The van der Waals surface area contributed by atoms with Crippen molar-refractivity contribution in [2.45, 2.75) is 13.3 Å². The van der Waals surface area contributed by atoms with E-state index in [4.69, 9.17) is 0 Å². The summed E-state index contributed by atoms with van der Waals surface area (Å²) in [5.74, 6) is -0.204. The number of aromatic nitrogens is 4. The summed E-state index contributed by atoms with van der Waals surface area (Å²) in [7, 11) is 0. The maximum absolute atomic E-state index is 12.5. The summed E-state index contributed by atoms with van der Waals surface area (Å²) in [5.41, 5.74) is 4.89. The van der Waals surface area contributed by atoms with Crippen molar-refractivity contribution in [3.8, 4) is 11.3 Å². The monoisotopic (exact) mass is 357 g/mol. The lowest BCUT2D eigenvalue weighted by Gasteiger charge is -2.03. The molecule has 1 aromatic carbocycles. The summed E-state index contributed by atoms with van der Waals surface area (Å²) in [6, 6.07) is 13.8. The fraction of sp³-hybridized carbons (Fsp3) is 0.143. The summed E-state index contributed by atoms with van der Waals surface area (Å²) in [6.07, 6.45) is 7.66. The van der Waals surface area contributed by atoms with E-state index in [1.54, 1.807) is 24.8 Å². The van der Waals surface area contributed by atoms with Gasteiger partial charge in [-0.2, -0.15) is 0 Å². The second-order valence-corrected chi connectivity index (χ2v) is 6.33. The molecular formula is C21H19N5O. The molecule has 4 rings (SSSR count). The number of rotatable bonds is 5. The van der Waals surface area contributed by atoms with Crippen LogP contribution in [0.25, 0.3) is 16.9 Å². The molecule has 6 nitrogen and oxygen atoms in total. The summed E-state index contributed by atoms with van der Waals surface area (Å²) in [5, 5.41) is 2.90. The van der Waals surface area contributed by atoms with E-state index in [1.807, 2.05) is 53.8 Å². The molecule has 0 aliphatic heterocycles. The number of carbonyl (C=O) groups excluding carboxylic acids is 1. The molecule has 6 heteroatoms. The molecule has 0 unspecified atom stereocenters. The van der Waals surface area contributed by atoms with Gasteiger partial charge in [-0.05, 0) is 19.1 Å². The molecule has 3 heterocycles. The zero-order chi connectivity index (χ0) is 18.6. The van der Waals surface area contributed by atoms with Crippen molar-refractivity contribution in [3.05, 3.63) is 84.2 Å². The SMILES string of the molecule is Cc1ccc(-c2nccn3cc(C(=O)NCCc4ccccn4)nc23)cc1. The van der Waals surface area contributed by atoms with E-state index in [2.05, 4.69) is 20.3 Å². The van der Waals surface area contributed by atoms with Gasteiger partial charge in [-0.25, -0.2) is 4.98 Å². The standard InChI is InChI=1S/C21H19N5O/c1-15-5-7-16(8-6-15)19-20-25-18(14-26(20)13-12-23-19)21(27)24-11-9-17-4-2-3-10-22-17/h2-8,10,12-14H,9,11H2,1H3,(H,24,27). The predicted octanol–water partition coefficient (Wildman–Crippen LogP) is 3.07. The Bertz CT molecular complexity index is 1070. The number of pyridine rings is 1. The molecule has 0 bridgehead atoms. The van der Waals surface area contributed by atoms with E-state index in [1.165, 1.54) is 5.56 Å². The van der Waals surface area contributed by atoms with E-state index in [0.29, 0.717) is 24.3 Å². The van der Waals surface area contributed by atoms with Crippen LogP contribution in [0.5, 0.6) is 0 Å². The van der Waals surface area contributed by atoms with Crippen molar-refractivity contribution < 1.29 is 4.79 Å². The van der Waals surface area contributed by atoms with E-state index >= 15 is 0 Å². The molecule has 0 saturated heterocycles. The Morgan fingerprint density at radius 3 is 2.70 bits per heavy atom. The highest BCUT2D eigenvalue weighted by atomic mass is 16.1. The van der Waals surface area contributed by atoms with Gasteiger partial charge in [0, 0.05) is 49.0 Å². The smallest absolute Gasteiger partial charge is 0.271 e. The molecule has 0 saturated carbocycles. The Morgan fingerprint density at radius 1 is 1.07 bits per heavy atom. The number of amides is 1. The fourth-order valence-corrected chi connectivity index (χ4v) is 2.89. The van der Waals surface area contributed by atoms with Gasteiger partial charge < -0.3 is 9.72 Å². The molecule has 0 radical (unpaired) electrons. The van der Waals surface area contributed by atoms with Gasteiger partial charge in [-0.1, -0.05) is 35.9 Å². The number of nitrogens with one attached hydrogen (secondary N) is 1. The van der Waals surface area contributed by atoms with Crippen LogP contribution in [-0.2, 0) is 6.42 Å². The third kappa shape index (κ3) is 3.69. The number of benzene rings is 1. The molecule has 1 amide bonds. The highest BCUT2D eigenvalue weighted by molar-refractivity contribution is 5.93. The lowest BCUT2D eigenvalue weighted by atomic mass is 10.1. The highest BCUT2D eigenvalue weighted by Gasteiger charge is 2.14. The largest absolute Gasteiger partial charge is 0.350 e. The maximum atomic E-state index is 12.5. The first-order valence-corrected chi connectivity index (χ1v) is 8.79. The molecule has 27 heavy (non-hydrogen) atoms. The third-order valence-corrected chi connectivity index (χ3v) is 4.33. The highest BCUT2D eigenvalue weighted by Crippen LogP contribution is 2.22. The first-order chi connectivity index (χ1) is 13.2. The van der Waals surface area contributed by atoms with Gasteiger partial charge in [0.25, 0.3) is 5.91 Å². The summed E-state index contributed by atoms with van der Waals surface area (Å²) < 4.78 is 1.83. The van der Waals surface area contributed by atoms with Gasteiger partial charge in [0.05, 0.1) is 0 Å². The molecular weight excluding hydrogens is 338 g/mol. The normalized spacial score (nSPS) is 10.9. The number of nitrogens with zero attached hydrogens (tertiary/aromatic N) is 4. The zero-order valence-corrected chi connectivity index (χ0v) is 15.0. The van der Waals surface area contributed by atoms with E-state index in [9.17, 15) is 4.79 Å². The van der Waals surface area contributed by atoms with Crippen molar-refractivity contribution in [2.24, 2.45) is 0 Å². The van der Waals surface area contributed by atoms with Crippen LogP contribution >= 0.6 is 0 Å². The van der Waals surface area contributed by atoms with Crippen molar-refractivity contribution >= 4 is 11.6 Å². The van der Waals surface area contributed by atoms with Crippen LogP contribution in [0.2, 0.25) is 0 Å². The molecule has 3 aromatic heterocycles. The first-order valence-electron chi connectivity index (χ1n) is 8.79. The van der Waals surface area contributed by atoms with Crippen molar-refractivity contribution in [1.82, 2.24) is 24.7 Å². The minimum atomic E-state index is -0.204. The number of imidazole rings is 1. The Labute approximate surface area is 156 Å². The average molecular weight is 357 g/mol. The Morgan fingerprint density at radius 2 is 1.93 bits per heavy atom. The number of carbonyl (C=O) groups is 1. The fourth-order valence-electron chi connectivity index (χ4n) is 2.89. The summed E-state index contributed by atoms with van der Waals surface area (Å²) in [6.45, 7) is 2.55. The molecule has 0 aliphatic carbocycles. The molecule has 0 aliphatic rings. The topological polar surface area (TPSA) is 72.2 Å². The van der Waals surface area contributed by atoms with Crippen LogP contribution in [-0.4, -0.2) is 31.8 Å². The third-order valence-electron chi connectivity index (χ3n) is 4.33. The lowest BCUT2D eigenvalue weighted by molar-refractivity contribution is 0.0949. The second-order valence-electron chi connectivity index (χ2n) is 6.33. The van der Waals surface area contributed by atoms with Gasteiger partial charge in [0.2, 0.25) is 0 Å². The van der Waals surface area contributed by atoms with Crippen LogP contribution in [0.1, 0.15) is 21.7 Å². The van der Waals surface area contributed by atoms with Gasteiger partial charge >= 0.3 is 0 Å². The Kier molecular flexibility index (Phi) is 4.61. The second kappa shape index (κ2) is 7.37. The summed E-state index contributed by atoms with van der Waals surface area (Å²) in [4.78, 5) is 25.7. The van der Waals surface area contributed by atoms with Gasteiger partial charge in [0.1, 0.15) is 11.4 Å². The molecule has 0 fully saturated rings. The quantitative estimate of drug-likeness (QED) is 0.596. The average Bonchev–Trinajstić information content (AvgIpc) is 3.14. The Hall–Kier alpha value is -3.54. The van der Waals surface area contributed by atoms with E-state index in [-0.39, 0.29) is 5.91 Å². The molecule has 4 aromatic rings. The minimum absolute atomic E-state index is 0.204. The van der Waals surface area contributed by atoms with Crippen LogP contribution in [0.3, 0.4) is 0 Å². The molecule has 134 valence electrons.